The van der Waals surface area contributed by atoms with Crippen LogP contribution in [0.2, 0.25) is 0 Å². The van der Waals surface area contributed by atoms with Gasteiger partial charge in [0.1, 0.15) is 13.2 Å². The summed E-state index contributed by atoms with van der Waals surface area (Å²) >= 11 is 0. The summed E-state index contributed by atoms with van der Waals surface area (Å²) in [5, 5.41) is 0. The molecule has 6 heteroatoms. The van der Waals surface area contributed by atoms with Gasteiger partial charge in [-0.15, -0.1) is 0 Å². The van der Waals surface area contributed by atoms with E-state index in [0.29, 0.717) is 19.3 Å². The number of rotatable bonds is 37. The average Bonchev–Trinajstić information content (AvgIpc) is 3.10. The van der Waals surface area contributed by atoms with Gasteiger partial charge < -0.3 is 14.2 Å². The maximum Gasteiger partial charge on any atom is 0.306 e. The van der Waals surface area contributed by atoms with Crippen LogP contribution >= 0.6 is 0 Å². The third kappa shape index (κ3) is 37.0. The molecule has 0 saturated heterocycles. The smallest absolute Gasteiger partial charge is 0.306 e. The molecule has 286 valence electrons. The Hall–Kier alpha value is -2.11. The summed E-state index contributed by atoms with van der Waals surface area (Å²) in [4.78, 5) is 37.4. The fraction of sp³-hybridized carbons (Fsp3) is 0.837. The van der Waals surface area contributed by atoms with Gasteiger partial charge in [-0.1, -0.05) is 173 Å². The van der Waals surface area contributed by atoms with Crippen LogP contribution in [0.4, 0.5) is 0 Å². The van der Waals surface area contributed by atoms with E-state index < -0.39 is 6.10 Å². The Morgan fingerprint density at radius 2 is 0.755 bits per heavy atom. The molecule has 6 nitrogen and oxygen atoms in total. The van der Waals surface area contributed by atoms with Crippen LogP contribution in [0.3, 0.4) is 0 Å². The molecule has 0 aliphatic heterocycles. The molecule has 1 unspecified atom stereocenters. The maximum atomic E-state index is 12.6. The van der Waals surface area contributed by atoms with Gasteiger partial charge in [-0.3, -0.25) is 14.4 Å². The van der Waals surface area contributed by atoms with Crippen molar-refractivity contribution < 1.29 is 28.6 Å². The third-order valence-corrected chi connectivity index (χ3v) is 8.96. The number of esters is 3. The summed E-state index contributed by atoms with van der Waals surface area (Å²) in [6.07, 6.45) is 40.2. The van der Waals surface area contributed by atoms with Crippen molar-refractivity contribution in [2.75, 3.05) is 13.2 Å². The first kappa shape index (κ1) is 46.9. The Kier molecular flexibility index (Phi) is 37.0. The zero-order valence-corrected chi connectivity index (χ0v) is 32.5. The zero-order chi connectivity index (χ0) is 35.9. The number of carbonyl (C=O) groups excluding carboxylic acids is 3. The van der Waals surface area contributed by atoms with Gasteiger partial charge in [-0.05, 0) is 44.9 Å². The van der Waals surface area contributed by atoms with Crippen molar-refractivity contribution in [2.45, 2.75) is 219 Å². The second-order valence-corrected chi connectivity index (χ2v) is 13.9. The van der Waals surface area contributed by atoms with Gasteiger partial charge in [0.2, 0.25) is 0 Å². The van der Waals surface area contributed by atoms with Crippen LogP contribution in [0, 0.1) is 0 Å². The number of carbonyl (C=O) groups is 3. The number of hydrogen-bond donors (Lipinski definition) is 0. The molecule has 49 heavy (non-hydrogen) atoms. The molecule has 0 aromatic carbocycles. The second-order valence-electron chi connectivity index (χ2n) is 13.9. The lowest BCUT2D eigenvalue weighted by atomic mass is 10.1. The number of hydrogen-bond acceptors (Lipinski definition) is 6. The molecule has 0 fully saturated rings. The Balaban J connectivity index is 4.34. The molecule has 1 atom stereocenters. The largest absolute Gasteiger partial charge is 0.462 e. The molecular weight excluding hydrogens is 612 g/mol. The summed E-state index contributed by atoms with van der Waals surface area (Å²) in [5.74, 6) is -0.895. The predicted octanol–water partition coefficient (Wildman–Crippen LogP) is 12.9. The van der Waals surface area contributed by atoms with Gasteiger partial charge in [0.15, 0.2) is 6.10 Å². The van der Waals surface area contributed by atoms with Gasteiger partial charge in [0, 0.05) is 19.3 Å². The van der Waals surface area contributed by atoms with Gasteiger partial charge >= 0.3 is 17.9 Å². The van der Waals surface area contributed by atoms with Crippen molar-refractivity contribution in [2.24, 2.45) is 0 Å². The van der Waals surface area contributed by atoms with E-state index in [2.05, 4.69) is 45.1 Å². The standard InChI is InChI=1S/C43H78O6/c1-4-7-10-13-16-19-20-21-22-23-25-27-30-33-36-42(45)48-39-40(38-47-41(44)35-32-29-26-18-15-12-9-6-3)49-43(46)37-34-31-28-24-17-14-11-8-5-2/h13,16,20-21,40H,4-12,14-15,17-19,22-39H2,1-3H3/b16-13-,21-20-. The van der Waals surface area contributed by atoms with Crippen LogP contribution in [-0.2, 0) is 28.6 Å². The minimum absolute atomic E-state index is 0.0732. The first-order valence-corrected chi connectivity index (χ1v) is 20.8. The van der Waals surface area contributed by atoms with Crippen LogP contribution in [0.25, 0.3) is 0 Å². The fourth-order valence-electron chi connectivity index (χ4n) is 5.75. The number of ether oxygens (including phenoxy) is 3. The van der Waals surface area contributed by atoms with E-state index in [1.165, 1.54) is 96.3 Å². The van der Waals surface area contributed by atoms with Gasteiger partial charge in [-0.2, -0.15) is 0 Å². The summed E-state index contributed by atoms with van der Waals surface area (Å²) in [6.45, 7) is 6.52. The molecular formula is C43H78O6. The summed E-state index contributed by atoms with van der Waals surface area (Å²) in [7, 11) is 0. The molecule has 0 rings (SSSR count). The van der Waals surface area contributed by atoms with Crippen LogP contribution in [0.1, 0.15) is 213 Å². The second kappa shape index (κ2) is 38.7. The molecule has 0 aliphatic carbocycles. The summed E-state index contributed by atoms with van der Waals surface area (Å²) < 4.78 is 16.6. The molecule has 0 radical (unpaired) electrons. The normalized spacial score (nSPS) is 12.1. The first-order valence-electron chi connectivity index (χ1n) is 20.8. The first-order chi connectivity index (χ1) is 24.0. The molecule has 0 aliphatic rings. The Bertz CT molecular complexity index is 804. The predicted molar refractivity (Wildman–Crippen MR) is 206 cm³/mol. The van der Waals surface area contributed by atoms with E-state index in [1.54, 1.807) is 0 Å². The monoisotopic (exact) mass is 691 g/mol. The van der Waals surface area contributed by atoms with E-state index in [0.717, 1.165) is 77.0 Å². The van der Waals surface area contributed by atoms with E-state index in [9.17, 15) is 14.4 Å². The van der Waals surface area contributed by atoms with Crippen molar-refractivity contribution in [1.82, 2.24) is 0 Å². The van der Waals surface area contributed by atoms with Crippen LogP contribution in [0.5, 0.6) is 0 Å². The number of unbranched alkanes of at least 4 members (excludes halogenated alkanes) is 22. The highest BCUT2D eigenvalue weighted by Crippen LogP contribution is 2.13. The highest BCUT2D eigenvalue weighted by Gasteiger charge is 2.19. The average molecular weight is 691 g/mol. The van der Waals surface area contributed by atoms with E-state index in [4.69, 9.17) is 14.2 Å². The van der Waals surface area contributed by atoms with E-state index in [1.807, 2.05) is 0 Å². The highest BCUT2D eigenvalue weighted by molar-refractivity contribution is 5.71. The molecule has 0 aromatic heterocycles. The van der Waals surface area contributed by atoms with Crippen molar-refractivity contribution in [3.63, 3.8) is 0 Å². The summed E-state index contributed by atoms with van der Waals surface area (Å²) in [5.41, 5.74) is 0. The van der Waals surface area contributed by atoms with Crippen LogP contribution in [0.15, 0.2) is 24.3 Å². The van der Waals surface area contributed by atoms with Crippen molar-refractivity contribution in [3.05, 3.63) is 24.3 Å². The van der Waals surface area contributed by atoms with Gasteiger partial charge in [0.25, 0.3) is 0 Å². The Labute approximate surface area is 303 Å². The maximum absolute atomic E-state index is 12.6. The molecule has 0 aromatic rings. The van der Waals surface area contributed by atoms with Crippen molar-refractivity contribution in [3.8, 4) is 0 Å². The quantitative estimate of drug-likeness (QED) is 0.0279. The molecule has 0 heterocycles. The fourth-order valence-corrected chi connectivity index (χ4v) is 5.75. The highest BCUT2D eigenvalue weighted by atomic mass is 16.6. The molecule has 0 amide bonds. The number of allylic oxidation sites excluding steroid dienone is 4. The van der Waals surface area contributed by atoms with Crippen molar-refractivity contribution in [1.29, 1.82) is 0 Å². The van der Waals surface area contributed by atoms with E-state index in [-0.39, 0.29) is 31.1 Å². The topological polar surface area (TPSA) is 78.9 Å². The molecule has 0 saturated carbocycles. The zero-order valence-electron chi connectivity index (χ0n) is 32.5. The minimum atomic E-state index is -0.766. The Morgan fingerprint density at radius 3 is 1.18 bits per heavy atom. The van der Waals surface area contributed by atoms with Crippen molar-refractivity contribution >= 4 is 17.9 Å². The summed E-state index contributed by atoms with van der Waals surface area (Å²) in [6, 6.07) is 0. The molecule has 0 spiro atoms. The lowest BCUT2D eigenvalue weighted by Crippen LogP contribution is -2.30. The van der Waals surface area contributed by atoms with Crippen LogP contribution < -0.4 is 0 Å². The van der Waals surface area contributed by atoms with Crippen LogP contribution in [-0.4, -0.2) is 37.2 Å². The SMILES string of the molecule is CCCC/C=C\C/C=C\CCCCCCCC(=O)OCC(COC(=O)CCCCCCCCCC)OC(=O)CCCCCCCCCCC. The van der Waals surface area contributed by atoms with Gasteiger partial charge in [-0.25, -0.2) is 0 Å². The molecule has 0 bridgehead atoms. The Morgan fingerprint density at radius 1 is 0.408 bits per heavy atom. The molecule has 0 N–H and O–H groups in total. The third-order valence-electron chi connectivity index (χ3n) is 8.96. The van der Waals surface area contributed by atoms with E-state index >= 15 is 0 Å². The van der Waals surface area contributed by atoms with Gasteiger partial charge in [0.05, 0.1) is 0 Å². The minimum Gasteiger partial charge on any atom is -0.462 e. The lowest BCUT2D eigenvalue weighted by molar-refractivity contribution is -0.167. The lowest BCUT2D eigenvalue weighted by Gasteiger charge is -2.18.